The number of rotatable bonds is 7. The molecular weight excluding hydrogens is 284 g/mol. The molecule has 0 saturated heterocycles. The Balaban J connectivity index is 2.22. The molecule has 1 aliphatic rings. The minimum absolute atomic E-state index is 0.227. The standard InChI is InChI=1S/C16H22N2O4/c1-3-21-14(22-4-2)11-18-15(12-8-6-5-7-9-12)17-10-13(19)16(18)20/h5-10,14-15,17,19H,3-4,11H2,1-2H3. The van der Waals surface area contributed by atoms with Crippen LogP contribution in [0.3, 0.4) is 0 Å². The van der Waals surface area contributed by atoms with Crippen LogP contribution < -0.4 is 5.32 Å². The molecule has 0 fully saturated rings. The summed E-state index contributed by atoms with van der Waals surface area (Å²) in [4.78, 5) is 13.8. The molecule has 1 unspecified atom stereocenters. The molecule has 0 aromatic heterocycles. The zero-order valence-electron chi connectivity index (χ0n) is 12.9. The van der Waals surface area contributed by atoms with Crippen LogP contribution in [0.25, 0.3) is 0 Å². The number of amides is 1. The van der Waals surface area contributed by atoms with Crippen LogP contribution in [0, 0.1) is 0 Å². The van der Waals surface area contributed by atoms with Gasteiger partial charge >= 0.3 is 0 Å². The first-order chi connectivity index (χ1) is 10.7. The molecule has 1 aliphatic heterocycles. The highest BCUT2D eigenvalue weighted by Gasteiger charge is 2.32. The number of benzene rings is 1. The van der Waals surface area contributed by atoms with E-state index < -0.39 is 12.2 Å². The molecule has 22 heavy (non-hydrogen) atoms. The lowest BCUT2D eigenvalue weighted by molar-refractivity contribution is -0.164. The van der Waals surface area contributed by atoms with Crippen LogP contribution in [-0.4, -0.2) is 42.0 Å². The maximum atomic E-state index is 12.3. The van der Waals surface area contributed by atoms with Crippen molar-refractivity contribution in [2.24, 2.45) is 0 Å². The summed E-state index contributed by atoms with van der Waals surface area (Å²) in [5.41, 5.74) is 0.923. The number of ether oxygens (including phenoxy) is 2. The summed E-state index contributed by atoms with van der Waals surface area (Å²) in [6.45, 7) is 4.93. The summed E-state index contributed by atoms with van der Waals surface area (Å²) < 4.78 is 11.0. The summed E-state index contributed by atoms with van der Waals surface area (Å²) in [7, 11) is 0. The Bertz CT molecular complexity index is 512. The van der Waals surface area contributed by atoms with Crippen LogP contribution >= 0.6 is 0 Å². The van der Waals surface area contributed by atoms with E-state index in [1.165, 1.54) is 11.1 Å². The first-order valence-electron chi connectivity index (χ1n) is 7.41. The minimum Gasteiger partial charge on any atom is -0.502 e. The van der Waals surface area contributed by atoms with E-state index in [9.17, 15) is 9.90 Å². The molecule has 0 aliphatic carbocycles. The molecule has 1 aromatic carbocycles. The summed E-state index contributed by atoms with van der Waals surface area (Å²) in [5, 5.41) is 12.7. The van der Waals surface area contributed by atoms with Gasteiger partial charge in [-0.25, -0.2) is 0 Å². The normalized spacial score (nSPS) is 18.3. The Morgan fingerprint density at radius 1 is 1.23 bits per heavy atom. The van der Waals surface area contributed by atoms with Gasteiger partial charge in [-0.2, -0.15) is 0 Å². The van der Waals surface area contributed by atoms with Crippen molar-refractivity contribution in [2.45, 2.75) is 26.3 Å². The minimum atomic E-state index is -0.530. The molecule has 120 valence electrons. The number of aliphatic hydroxyl groups is 1. The summed E-state index contributed by atoms with van der Waals surface area (Å²) in [5.74, 6) is -0.768. The average Bonchev–Trinajstić information content (AvgIpc) is 2.53. The first kappa shape index (κ1) is 16.3. The lowest BCUT2D eigenvalue weighted by Crippen LogP contribution is -2.49. The fourth-order valence-corrected chi connectivity index (χ4v) is 2.36. The Labute approximate surface area is 130 Å². The van der Waals surface area contributed by atoms with E-state index in [0.717, 1.165) is 5.56 Å². The zero-order valence-corrected chi connectivity index (χ0v) is 12.9. The monoisotopic (exact) mass is 306 g/mol. The van der Waals surface area contributed by atoms with E-state index in [0.29, 0.717) is 13.2 Å². The number of nitrogens with one attached hydrogen (secondary N) is 1. The number of hydrogen-bond donors (Lipinski definition) is 2. The highest BCUT2D eigenvalue weighted by Crippen LogP contribution is 2.23. The molecule has 1 atom stereocenters. The summed E-state index contributed by atoms with van der Waals surface area (Å²) in [6.07, 6.45) is 0.429. The number of nitrogens with zero attached hydrogens (tertiary/aromatic N) is 1. The van der Waals surface area contributed by atoms with Gasteiger partial charge in [0.25, 0.3) is 5.91 Å². The van der Waals surface area contributed by atoms with E-state index in [-0.39, 0.29) is 18.5 Å². The van der Waals surface area contributed by atoms with E-state index in [1.807, 2.05) is 44.2 Å². The van der Waals surface area contributed by atoms with Crippen LogP contribution in [0.15, 0.2) is 42.3 Å². The van der Waals surface area contributed by atoms with Crippen molar-refractivity contribution in [3.05, 3.63) is 47.9 Å². The second-order valence-electron chi connectivity index (χ2n) is 4.81. The van der Waals surface area contributed by atoms with E-state index in [1.54, 1.807) is 0 Å². The second-order valence-corrected chi connectivity index (χ2v) is 4.81. The molecule has 1 amide bonds. The van der Waals surface area contributed by atoms with Crippen molar-refractivity contribution >= 4 is 5.91 Å². The van der Waals surface area contributed by atoms with E-state index >= 15 is 0 Å². The van der Waals surface area contributed by atoms with E-state index in [4.69, 9.17) is 9.47 Å². The number of carbonyl (C=O) groups is 1. The predicted octanol–water partition coefficient (Wildman–Crippen LogP) is 1.92. The average molecular weight is 306 g/mol. The van der Waals surface area contributed by atoms with Crippen LogP contribution in [0.2, 0.25) is 0 Å². The van der Waals surface area contributed by atoms with Crippen molar-refractivity contribution in [3.8, 4) is 0 Å². The van der Waals surface area contributed by atoms with Crippen LogP contribution in [0.1, 0.15) is 25.6 Å². The summed E-state index contributed by atoms with van der Waals surface area (Å²) >= 11 is 0. The maximum Gasteiger partial charge on any atom is 0.292 e. The molecule has 0 spiro atoms. The topological polar surface area (TPSA) is 71.0 Å². The van der Waals surface area contributed by atoms with Crippen molar-refractivity contribution in [1.29, 1.82) is 0 Å². The van der Waals surface area contributed by atoms with Crippen LogP contribution in [0.5, 0.6) is 0 Å². The largest absolute Gasteiger partial charge is 0.502 e. The third-order valence-electron chi connectivity index (χ3n) is 3.34. The molecule has 0 bridgehead atoms. The maximum absolute atomic E-state index is 12.3. The fraction of sp³-hybridized carbons (Fsp3) is 0.438. The Morgan fingerprint density at radius 3 is 2.45 bits per heavy atom. The van der Waals surface area contributed by atoms with Gasteiger partial charge in [0.15, 0.2) is 12.0 Å². The second kappa shape index (κ2) is 7.82. The molecule has 0 radical (unpaired) electrons. The first-order valence-corrected chi connectivity index (χ1v) is 7.41. The highest BCUT2D eigenvalue weighted by atomic mass is 16.7. The predicted molar refractivity (Wildman–Crippen MR) is 81.8 cm³/mol. The van der Waals surface area contributed by atoms with Gasteiger partial charge in [0.2, 0.25) is 0 Å². The molecule has 2 N–H and O–H groups in total. The number of aliphatic hydroxyl groups excluding tert-OH is 1. The van der Waals surface area contributed by atoms with Crippen molar-refractivity contribution in [3.63, 3.8) is 0 Å². The highest BCUT2D eigenvalue weighted by molar-refractivity contribution is 5.92. The molecule has 1 heterocycles. The van der Waals surface area contributed by atoms with Gasteiger partial charge < -0.3 is 24.8 Å². The lowest BCUT2D eigenvalue weighted by atomic mass is 10.1. The van der Waals surface area contributed by atoms with Crippen LogP contribution in [0.4, 0.5) is 0 Å². The third kappa shape index (κ3) is 3.78. The molecule has 1 aromatic rings. The van der Waals surface area contributed by atoms with Gasteiger partial charge in [0, 0.05) is 19.4 Å². The Hall–Kier alpha value is -2.05. The van der Waals surface area contributed by atoms with Gasteiger partial charge in [-0.15, -0.1) is 0 Å². The summed E-state index contributed by atoms with van der Waals surface area (Å²) in [6, 6.07) is 9.56. The zero-order chi connectivity index (χ0) is 15.9. The van der Waals surface area contributed by atoms with Crippen LogP contribution in [-0.2, 0) is 14.3 Å². The fourth-order valence-electron chi connectivity index (χ4n) is 2.36. The number of hydrogen-bond acceptors (Lipinski definition) is 5. The van der Waals surface area contributed by atoms with Gasteiger partial charge in [0.05, 0.1) is 6.54 Å². The SMILES string of the molecule is CCOC(CN1C(=O)C(O)=CNC1c1ccccc1)OCC. The van der Waals surface area contributed by atoms with Crippen molar-refractivity contribution < 1.29 is 19.4 Å². The van der Waals surface area contributed by atoms with Gasteiger partial charge in [0.1, 0.15) is 6.17 Å². The van der Waals surface area contributed by atoms with Gasteiger partial charge in [-0.05, 0) is 19.4 Å². The third-order valence-corrected chi connectivity index (χ3v) is 3.34. The van der Waals surface area contributed by atoms with Crippen molar-refractivity contribution in [2.75, 3.05) is 19.8 Å². The lowest BCUT2D eigenvalue weighted by Gasteiger charge is -2.36. The quantitative estimate of drug-likeness (QED) is 0.753. The van der Waals surface area contributed by atoms with Gasteiger partial charge in [-0.1, -0.05) is 30.3 Å². The molecule has 6 heteroatoms. The number of carbonyl (C=O) groups excluding carboxylic acids is 1. The molecule has 2 rings (SSSR count). The molecule has 6 nitrogen and oxygen atoms in total. The molecular formula is C16H22N2O4. The Morgan fingerprint density at radius 2 is 1.86 bits per heavy atom. The van der Waals surface area contributed by atoms with Crippen molar-refractivity contribution in [1.82, 2.24) is 10.2 Å². The smallest absolute Gasteiger partial charge is 0.292 e. The van der Waals surface area contributed by atoms with E-state index in [2.05, 4.69) is 5.32 Å². The molecule has 0 saturated carbocycles. The Kier molecular flexibility index (Phi) is 5.80. The van der Waals surface area contributed by atoms with Gasteiger partial charge in [-0.3, -0.25) is 4.79 Å².